The van der Waals surface area contributed by atoms with E-state index in [9.17, 15) is 5.11 Å². The Kier molecular flexibility index (Phi) is 28.0. The summed E-state index contributed by atoms with van der Waals surface area (Å²) < 4.78 is 11.9. The largest absolute Gasteiger partial charge is 0.508 e. The molecule has 0 bridgehead atoms. The van der Waals surface area contributed by atoms with E-state index in [0.717, 1.165) is 48.1 Å². The number of rotatable bonds is 12. The average molecular weight is 2460 g/mol. The van der Waals surface area contributed by atoms with Crippen molar-refractivity contribution in [3.63, 3.8) is 0 Å². The molecule has 9 rings (SSSR count). The van der Waals surface area contributed by atoms with E-state index in [1.165, 1.54) is 11.1 Å². The van der Waals surface area contributed by atoms with Crippen LogP contribution in [0.2, 0.25) is 20.1 Å². The zero-order chi connectivity index (χ0) is 49.2. The number of aromatic hydroxyl groups is 1. The fraction of sp³-hybridized carbons (Fsp3) is 0.222. The molecule has 3 aliphatic rings. The maximum absolute atomic E-state index is 9.37. The number of aromatic nitrogens is 1. The molecule has 6 aromatic rings. The van der Waals surface area contributed by atoms with Crippen molar-refractivity contribution in [1.29, 1.82) is 0 Å². The van der Waals surface area contributed by atoms with Crippen LogP contribution in [0, 0.1) is 13.1 Å². The van der Waals surface area contributed by atoms with E-state index in [1.807, 2.05) is 72.8 Å². The van der Waals surface area contributed by atoms with Crippen LogP contribution in [0.25, 0.3) is 20.9 Å². The summed E-state index contributed by atoms with van der Waals surface area (Å²) in [6, 6.07) is 32.1. The Morgan fingerprint density at radius 3 is 1.57 bits per heavy atom. The predicted octanol–water partition coefficient (Wildman–Crippen LogP) is 22.1. The average Bonchev–Trinajstić information content (AvgIpc) is 4.24. The number of hydrogen-bond acceptors (Lipinski definition) is 4. The fourth-order valence-electron chi connectivity index (χ4n) is 7.34. The van der Waals surface area contributed by atoms with Gasteiger partial charge in [0.25, 0.3) is 0 Å². The quantitative estimate of drug-likeness (QED) is 0.0980. The van der Waals surface area contributed by atoms with Gasteiger partial charge < -0.3 is 14.4 Å². The molecular formula is C45H33Cl4I13N3O3-. The van der Waals surface area contributed by atoms with Gasteiger partial charge in [-0.05, 0) is 108 Å². The zero-order valence-corrected chi connectivity index (χ0v) is 65.3. The SMILES string of the molecule is II(I)I(I)I.I[I-]I(I)I(I)I.[C-]#[N+]c1ccc(C2CC2c2ccc(O)cc2Cl)cc1.[C-]#[N+]c1ccc(C2CC2c2ccc(OCc3c(-c4c(Cl)cccc4Cl)noc3C3CC3)cc2Cl)cc1. The first kappa shape index (κ1) is 61.7. The molecule has 6 nitrogen and oxygen atoms in total. The van der Waals surface area contributed by atoms with E-state index in [0.29, 0.717) is 91.3 Å². The topological polar surface area (TPSA) is 64.2 Å². The van der Waals surface area contributed by atoms with Crippen LogP contribution >= 0.6 is 227 Å². The molecule has 4 unspecified atom stereocenters. The number of ether oxygens (including phenoxy) is 1. The summed E-state index contributed by atoms with van der Waals surface area (Å²) in [5.74, 6) is 3.78. The second-order valence-electron chi connectivity index (χ2n) is 14.9. The van der Waals surface area contributed by atoms with Crippen LogP contribution in [0.1, 0.15) is 88.9 Å². The third kappa shape index (κ3) is 18.6. The molecule has 5 aromatic carbocycles. The van der Waals surface area contributed by atoms with Crippen molar-refractivity contribution in [3.8, 4) is 22.8 Å². The smallest absolute Gasteiger partial charge is 0.187 e. The first-order valence-electron chi connectivity index (χ1n) is 19.6. The molecule has 1 aromatic heterocycles. The summed E-state index contributed by atoms with van der Waals surface area (Å²) in [5, 5.41) is 16.1. The molecule has 3 aliphatic carbocycles. The van der Waals surface area contributed by atoms with Crippen molar-refractivity contribution in [2.45, 2.75) is 61.9 Å². The third-order valence-corrected chi connectivity index (χ3v) is 425. The number of phenols is 1. The molecule has 0 aliphatic heterocycles. The van der Waals surface area contributed by atoms with E-state index in [-0.39, 0.29) is 43.9 Å². The predicted molar refractivity (Wildman–Crippen MR) is 387 cm³/mol. The summed E-state index contributed by atoms with van der Waals surface area (Å²) in [5.41, 5.74) is 8.20. The molecule has 1 heterocycles. The number of halogens is 17. The van der Waals surface area contributed by atoms with Gasteiger partial charge in [-0.3, -0.25) is 0 Å². The van der Waals surface area contributed by atoms with Gasteiger partial charge in [-0.25, -0.2) is 9.69 Å². The Balaban J connectivity index is 0.000000197. The van der Waals surface area contributed by atoms with Gasteiger partial charge in [-0.15, -0.1) is 0 Å². The van der Waals surface area contributed by atoms with Crippen molar-refractivity contribution in [2.24, 2.45) is 0 Å². The summed E-state index contributed by atoms with van der Waals surface area (Å²) in [6.45, 7) is 14.3. The van der Waals surface area contributed by atoms with E-state index in [1.54, 1.807) is 24.3 Å². The van der Waals surface area contributed by atoms with E-state index < -0.39 is 0 Å². The van der Waals surface area contributed by atoms with Crippen LogP contribution in [0.4, 0.5) is 11.4 Å². The van der Waals surface area contributed by atoms with E-state index >= 15 is 0 Å². The van der Waals surface area contributed by atoms with Crippen molar-refractivity contribution in [3.05, 3.63) is 180 Å². The summed E-state index contributed by atoms with van der Waals surface area (Å²) >= 11 is 47.8. The Morgan fingerprint density at radius 1 is 0.662 bits per heavy atom. The Hall–Kier alpha value is 4.54. The normalized spacial score (nSPS) is 18.4. The molecule has 0 spiro atoms. The van der Waals surface area contributed by atoms with Crippen LogP contribution < -0.4 is 18.0 Å². The fourth-order valence-corrected chi connectivity index (χ4v) is 218. The molecule has 3 fully saturated rings. The first-order valence-corrected chi connectivity index (χ1v) is 90.2. The van der Waals surface area contributed by atoms with Gasteiger partial charge in [0.05, 0.1) is 28.8 Å². The van der Waals surface area contributed by atoms with Crippen LogP contribution in [0.5, 0.6) is 11.5 Å². The van der Waals surface area contributed by atoms with Gasteiger partial charge in [0.1, 0.15) is 29.6 Å². The third-order valence-electron chi connectivity index (χ3n) is 10.8. The Bertz CT molecular complexity index is 2710. The molecule has 0 amide bonds. The zero-order valence-electron chi connectivity index (χ0n) is 34.3. The Morgan fingerprint density at radius 2 is 1.16 bits per heavy atom. The molecule has 0 saturated heterocycles. The van der Waals surface area contributed by atoms with E-state index in [4.69, 9.17) is 68.8 Å². The molecular weight excluding hydrogens is 2420 g/mol. The number of nitrogens with zero attached hydrogens (tertiary/aromatic N) is 3. The summed E-state index contributed by atoms with van der Waals surface area (Å²) in [7, 11) is -1.12. The monoisotopic (exact) mass is 2450 g/mol. The molecule has 366 valence electrons. The number of phenolic OH excluding ortho intramolecular Hbond substituents is 1. The van der Waals surface area contributed by atoms with Gasteiger partial charge in [0.2, 0.25) is 0 Å². The minimum Gasteiger partial charge on any atom is -0.508 e. The van der Waals surface area contributed by atoms with Crippen molar-refractivity contribution in [1.82, 2.24) is 5.16 Å². The van der Waals surface area contributed by atoms with Gasteiger partial charge in [-0.2, -0.15) is 0 Å². The Labute approximate surface area is 522 Å². The number of benzene rings is 5. The molecule has 23 heteroatoms. The van der Waals surface area contributed by atoms with Crippen molar-refractivity contribution >= 4 is 238 Å². The second-order valence-corrected chi connectivity index (χ2v) is 228. The summed E-state index contributed by atoms with van der Waals surface area (Å²) in [6.07, 6.45) is 4.26. The first-order chi connectivity index (χ1) is 32.5. The van der Waals surface area contributed by atoms with Crippen molar-refractivity contribution < 1.29 is 27.6 Å². The standard InChI is InChI=1S/C29H21Cl3N2O2.C16H12ClNO.I7.I6/c1-33-18-9-7-16(8-10-18)21-14-22(21)20-12-11-19(13-26(20)32)35-15-23-28(34-36-29(23)17-5-6-17)27-24(30)3-2-4-25(27)31;1-18-11-4-2-10(3-5-11)14-9-15(14)13-7-6-12(19)8-16(13)17;1-5-7(4)6(2)3;1-5(2)6(3)4/h2-4,7-13,17,21-22H,5-6,14-15H2;2-8,14-15,19H,9H2;;/q;;-1;. The molecule has 4 atom stereocenters. The molecule has 68 heavy (non-hydrogen) atoms. The molecule has 0 radical (unpaired) electrons. The summed E-state index contributed by atoms with van der Waals surface area (Å²) in [4.78, 5) is 6.86. The van der Waals surface area contributed by atoms with Gasteiger partial charge in [-0.1, -0.05) is 118 Å². The van der Waals surface area contributed by atoms with Crippen LogP contribution in [0.15, 0.2) is 108 Å². The maximum atomic E-state index is 9.37. The van der Waals surface area contributed by atoms with Crippen LogP contribution in [-0.4, -0.2) is 10.3 Å². The van der Waals surface area contributed by atoms with Gasteiger partial charge in [0.15, 0.2) is 11.4 Å². The second kappa shape index (κ2) is 30.8. The van der Waals surface area contributed by atoms with Crippen LogP contribution in [-0.2, 0) is 6.61 Å². The molecule has 1 N–H and O–H groups in total. The van der Waals surface area contributed by atoms with Gasteiger partial charge >= 0.3 is 194 Å². The minimum atomic E-state index is -0.314. The van der Waals surface area contributed by atoms with E-state index in [2.05, 4.69) is 170 Å². The van der Waals surface area contributed by atoms with Crippen LogP contribution in [0.3, 0.4) is 0 Å². The minimum absolute atomic E-state index is 0.201. The number of hydrogen-bond donors (Lipinski definition) is 1. The van der Waals surface area contributed by atoms with Crippen molar-refractivity contribution in [2.75, 3.05) is 0 Å². The maximum Gasteiger partial charge on any atom is 0.187 e. The molecule has 3 saturated carbocycles. The van der Waals surface area contributed by atoms with Gasteiger partial charge in [0, 0.05) is 21.5 Å².